The summed E-state index contributed by atoms with van der Waals surface area (Å²) in [5.74, 6) is 0.787. The molecule has 0 saturated heterocycles. The van der Waals surface area contributed by atoms with Crippen LogP contribution >= 0.6 is 0 Å². The van der Waals surface area contributed by atoms with Gasteiger partial charge < -0.3 is 9.30 Å². The summed E-state index contributed by atoms with van der Waals surface area (Å²) in [6, 6.07) is 17.5. The molecule has 0 aliphatic carbocycles. The molecule has 94 valence electrons. The van der Waals surface area contributed by atoms with Gasteiger partial charge >= 0.3 is 0 Å². The molecule has 0 aliphatic heterocycles. The first-order valence-corrected chi connectivity index (χ1v) is 6.03. The zero-order valence-electron chi connectivity index (χ0n) is 10.5. The third-order valence-electron chi connectivity index (χ3n) is 3.17. The van der Waals surface area contributed by atoms with Crippen molar-refractivity contribution in [3.05, 3.63) is 60.3 Å². The van der Waals surface area contributed by atoms with Gasteiger partial charge in [-0.15, -0.1) is 0 Å². The van der Waals surface area contributed by atoms with Gasteiger partial charge in [0, 0.05) is 11.1 Å². The molecule has 3 heteroatoms. The van der Waals surface area contributed by atoms with E-state index in [2.05, 4.69) is 0 Å². The van der Waals surface area contributed by atoms with Gasteiger partial charge in [-0.1, -0.05) is 18.2 Å². The van der Waals surface area contributed by atoms with Crippen molar-refractivity contribution in [2.24, 2.45) is 0 Å². The summed E-state index contributed by atoms with van der Waals surface area (Å²) in [6.07, 6.45) is 0.874. The molecule has 0 atom stereocenters. The van der Waals surface area contributed by atoms with Gasteiger partial charge in [0.2, 0.25) is 0 Å². The Hall–Kier alpha value is -2.55. The standard InChI is InChI=1S/C16H13NO2/c1-19-15-7-8-16-12(10-15)9-14(11-18)17(16)13-5-3-2-4-6-13/h2-11H,1H3. The quantitative estimate of drug-likeness (QED) is 0.667. The highest BCUT2D eigenvalue weighted by atomic mass is 16.5. The Morgan fingerprint density at radius 3 is 2.53 bits per heavy atom. The average molecular weight is 251 g/mol. The normalized spacial score (nSPS) is 10.6. The summed E-state index contributed by atoms with van der Waals surface area (Å²) in [5.41, 5.74) is 2.60. The third-order valence-corrected chi connectivity index (χ3v) is 3.17. The molecule has 3 rings (SSSR count). The Bertz CT molecular complexity index is 729. The number of hydrogen-bond donors (Lipinski definition) is 0. The summed E-state index contributed by atoms with van der Waals surface area (Å²) in [4.78, 5) is 11.3. The van der Waals surface area contributed by atoms with Crippen molar-refractivity contribution in [3.8, 4) is 11.4 Å². The Labute approximate surface area is 111 Å². The molecule has 0 amide bonds. The molecule has 1 heterocycles. The van der Waals surface area contributed by atoms with Crippen molar-refractivity contribution in [3.63, 3.8) is 0 Å². The number of ether oxygens (including phenoxy) is 1. The van der Waals surface area contributed by atoms with Crippen molar-refractivity contribution < 1.29 is 9.53 Å². The minimum Gasteiger partial charge on any atom is -0.497 e. The van der Waals surface area contributed by atoms with Gasteiger partial charge in [-0.2, -0.15) is 0 Å². The zero-order valence-corrected chi connectivity index (χ0v) is 10.5. The van der Waals surface area contributed by atoms with E-state index in [1.165, 1.54) is 0 Å². The molecule has 0 saturated carbocycles. The van der Waals surface area contributed by atoms with Crippen LogP contribution in [0.15, 0.2) is 54.6 Å². The van der Waals surface area contributed by atoms with Crippen LogP contribution in [0, 0.1) is 0 Å². The molecular formula is C16H13NO2. The summed E-state index contributed by atoms with van der Waals surface area (Å²) >= 11 is 0. The number of benzene rings is 2. The number of aldehydes is 1. The molecule has 19 heavy (non-hydrogen) atoms. The van der Waals surface area contributed by atoms with E-state index in [1.807, 2.05) is 59.2 Å². The Morgan fingerprint density at radius 2 is 1.84 bits per heavy atom. The van der Waals surface area contributed by atoms with Gasteiger partial charge in [0.15, 0.2) is 6.29 Å². The van der Waals surface area contributed by atoms with Gasteiger partial charge in [-0.25, -0.2) is 0 Å². The van der Waals surface area contributed by atoms with Crippen molar-refractivity contribution in [1.29, 1.82) is 0 Å². The lowest BCUT2D eigenvalue weighted by atomic mass is 10.2. The minimum atomic E-state index is 0.634. The van der Waals surface area contributed by atoms with Crippen LogP contribution in [0.3, 0.4) is 0 Å². The van der Waals surface area contributed by atoms with Gasteiger partial charge in [-0.05, 0) is 36.4 Å². The number of carbonyl (C=O) groups excluding carboxylic acids is 1. The maximum absolute atomic E-state index is 11.3. The van der Waals surface area contributed by atoms with Crippen molar-refractivity contribution >= 4 is 17.2 Å². The molecule has 0 aliphatic rings. The van der Waals surface area contributed by atoms with Crippen LogP contribution < -0.4 is 4.74 Å². The largest absolute Gasteiger partial charge is 0.497 e. The van der Waals surface area contributed by atoms with E-state index in [-0.39, 0.29) is 0 Å². The fourth-order valence-electron chi connectivity index (χ4n) is 2.29. The predicted molar refractivity (Wildman–Crippen MR) is 75.2 cm³/mol. The summed E-state index contributed by atoms with van der Waals surface area (Å²) in [7, 11) is 1.63. The molecule has 3 aromatic rings. The first kappa shape index (κ1) is 11.5. The average Bonchev–Trinajstić information content (AvgIpc) is 2.85. The molecule has 2 aromatic carbocycles. The van der Waals surface area contributed by atoms with E-state index in [0.717, 1.165) is 28.6 Å². The summed E-state index contributed by atoms with van der Waals surface area (Å²) in [6.45, 7) is 0. The molecule has 3 nitrogen and oxygen atoms in total. The molecular weight excluding hydrogens is 238 g/mol. The van der Waals surface area contributed by atoms with E-state index in [4.69, 9.17) is 4.74 Å². The second-order valence-corrected chi connectivity index (χ2v) is 4.28. The first-order valence-electron chi connectivity index (χ1n) is 6.03. The lowest BCUT2D eigenvalue weighted by molar-refractivity contribution is 0.111. The van der Waals surface area contributed by atoms with Crippen LogP contribution in [0.2, 0.25) is 0 Å². The molecule has 0 N–H and O–H groups in total. The van der Waals surface area contributed by atoms with E-state index in [1.54, 1.807) is 7.11 Å². The Morgan fingerprint density at radius 1 is 1.05 bits per heavy atom. The Balaban J connectivity index is 2.31. The van der Waals surface area contributed by atoms with Gasteiger partial charge in [0.05, 0.1) is 18.3 Å². The van der Waals surface area contributed by atoms with Gasteiger partial charge in [-0.3, -0.25) is 4.79 Å². The van der Waals surface area contributed by atoms with Crippen LogP contribution in [0.1, 0.15) is 10.5 Å². The number of methoxy groups -OCH3 is 1. The smallest absolute Gasteiger partial charge is 0.166 e. The van der Waals surface area contributed by atoms with Crippen molar-refractivity contribution in [2.45, 2.75) is 0 Å². The van der Waals surface area contributed by atoms with E-state index < -0.39 is 0 Å². The highest BCUT2D eigenvalue weighted by Gasteiger charge is 2.10. The lowest BCUT2D eigenvalue weighted by Crippen LogP contribution is -1.98. The second-order valence-electron chi connectivity index (χ2n) is 4.28. The summed E-state index contributed by atoms with van der Waals surface area (Å²) in [5, 5.41) is 0.991. The second kappa shape index (κ2) is 4.61. The van der Waals surface area contributed by atoms with Crippen LogP contribution in [0.25, 0.3) is 16.6 Å². The SMILES string of the molecule is COc1ccc2c(c1)cc(C=O)n2-c1ccccc1. The van der Waals surface area contributed by atoms with E-state index in [9.17, 15) is 4.79 Å². The minimum absolute atomic E-state index is 0.634. The summed E-state index contributed by atoms with van der Waals surface area (Å²) < 4.78 is 7.16. The topological polar surface area (TPSA) is 31.2 Å². The number of nitrogens with zero attached hydrogens (tertiary/aromatic N) is 1. The Kier molecular flexibility index (Phi) is 2.80. The monoisotopic (exact) mass is 251 g/mol. The van der Waals surface area contributed by atoms with Gasteiger partial charge in [0.1, 0.15) is 5.75 Å². The number of para-hydroxylation sites is 1. The van der Waals surface area contributed by atoms with Crippen molar-refractivity contribution in [2.75, 3.05) is 7.11 Å². The third kappa shape index (κ3) is 1.89. The molecule has 0 bridgehead atoms. The maximum atomic E-state index is 11.3. The number of hydrogen-bond acceptors (Lipinski definition) is 2. The molecule has 0 radical (unpaired) electrons. The van der Waals surface area contributed by atoms with Crippen molar-refractivity contribution in [1.82, 2.24) is 4.57 Å². The van der Waals surface area contributed by atoms with Crippen LogP contribution in [0.4, 0.5) is 0 Å². The van der Waals surface area contributed by atoms with Crippen LogP contribution in [-0.4, -0.2) is 18.0 Å². The molecule has 1 aromatic heterocycles. The number of fused-ring (bicyclic) bond motifs is 1. The zero-order chi connectivity index (χ0) is 13.2. The fourth-order valence-corrected chi connectivity index (χ4v) is 2.29. The predicted octanol–water partition coefficient (Wildman–Crippen LogP) is 3.45. The number of rotatable bonds is 3. The van der Waals surface area contributed by atoms with E-state index >= 15 is 0 Å². The highest BCUT2D eigenvalue weighted by molar-refractivity contribution is 5.91. The van der Waals surface area contributed by atoms with Crippen LogP contribution in [0.5, 0.6) is 5.75 Å². The number of carbonyl (C=O) groups is 1. The van der Waals surface area contributed by atoms with Gasteiger partial charge in [0.25, 0.3) is 0 Å². The van der Waals surface area contributed by atoms with E-state index in [0.29, 0.717) is 5.69 Å². The highest BCUT2D eigenvalue weighted by Crippen LogP contribution is 2.26. The van der Waals surface area contributed by atoms with Crippen LogP contribution in [-0.2, 0) is 0 Å². The molecule has 0 unspecified atom stereocenters. The molecule has 0 fully saturated rings. The first-order chi connectivity index (χ1) is 9.33. The maximum Gasteiger partial charge on any atom is 0.166 e. The fraction of sp³-hybridized carbons (Fsp3) is 0.0625. The molecule has 0 spiro atoms. The number of aromatic nitrogens is 1. The lowest BCUT2D eigenvalue weighted by Gasteiger charge is -2.07.